The minimum Gasteiger partial charge on any atom is -0.467 e. The molecule has 2 atom stereocenters. The highest BCUT2D eigenvalue weighted by Crippen LogP contribution is 2.31. The summed E-state index contributed by atoms with van der Waals surface area (Å²) in [5.41, 5.74) is -0.570. The van der Waals surface area contributed by atoms with Crippen LogP contribution in [0.1, 0.15) is 27.9 Å². The van der Waals surface area contributed by atoms with Gasteiger partial charge in [-0.05, 0) is 42.3 Å². The number of amides is 1. The van der Waals surface area contributed by atoms with E-state index in [-0.39, 0.29) is 48.6 Å². The number of anilines is 1. The Bertz CT molecular complexity index is 1920. The fourth-order valence-corrected chi connectivity index (χ4v) is 5.58. The van der Waals surface area contributed by atoms with Crippen LogP contribution in [0, 0.1) is 12.7 Å². The number of aryl methyl sites for hydroxylation is 2. The van der Waals surface area contributed by atoms with Crippen LogP contribution in [0.5, 0.6) is 0 Å². The molecule has 3 aromatic heterocycles. The maximum atomic E-state index is 15.4. The number of hydrogen-bond acceptors (Lipinski definition) is 9. The van der Waals surface area contributed by atoms with E-state index in [1.54, 1.807) is 0 Å². The molecule has 0 unspecified atom stereocenters. The highest BCUT2D eigenvalue weighted by Gasteiger charge is 2.37. The van der Waals surface area contributed by atoms with E-state index in [0.717, 1.165) is 17.7 Å². The SMILES string of the molecule is COC(=O)[C@H](Cc1ccc(-n2c(=O)c3ccncc3n(C)c2=O)nc1)NC(=O)c1c(C)cc(N2CCOC[C@H]2CC(F)(F)F)cc1F. The largest absolute Gasteiger partial charge is 0.467 e. The molecule has 0 saturated carbocycles. The molecule has 0 spiro atoms. The minimum atomic E-state index is -4.46. The Hall–Kier alpha value is -5.12. The van der Waals surface area contributed by atoms with E-state index < -0.39 is 59.2 Å². The summed E-state index contributed by atoms with van der Waals surface area (Å²) in [6.07, 6.45) is -1.61. The fourth-order valence-electron chi connectivity index (χ4n) is 5.58. The van der Waals surface area contributed by atoms with Gasteiger partial charge in [-0.3, -0.25) is 19.1 Å². The van der Waals surface area contributed by atoms with Gasteiger partial charge in [0.05, 0.1) is 55.4 Å². The number of nitrogens with zero attached hydrogens (tertiary/aromatic N) is 5. The van der Waals surface area contributed by atoms with Crippen LogP contribution in [0.25, 0.3) is 16.7 Å². The number of nitrogens with one attached hydrogen (secondary N) is 1. The zero-order valence-corrected chi connectivity index (χ0v) is 25.5. The third-order valence-corrected chi connectivity index (χ3v) is 7.87. The number of benzene rings is 1. The van der Waals surface area contributed by atoms with E-state index >= 15 is 4.39 Å². The summed E-state index contributed by atoms with van der Waals surface area (Å²) >= 11 is 0. The van der Waals surface area contributed by atoms with Crippen molar-refractivity contribution >= 4 is 28.5 Å². The number of carbonyl (C=O) groups excluding carboxylic acids is 2. The van der Waals surface area contributed by atoms with E-state index in [4.69, 9.17) is 9.47 Å². The van der Waals surface area contributed by atoms with Gasteiger partial charge in [-0.15, -0.1) is 0 Å². The third kappa shape index (κ3) is 7.01. The maximum Gasteiger partial charge on any atom is 0.391 e. The Balaban J connectivity index is 1.37. The summed E-state index contributed by atoms with van der Waals surface area (Å²) in [6.45, 7) is 1.50. The van der Waals surface area contributed by atoms with Crippen molar-refractivity contribution < 1.29 is 36.6 Å². The molecular formula is C31H30F4N6O6. The highest BCUT2D eigenvalue weighted by molar-refractivity contribution is 5.98. The molecule has 1 aliphatic heterocycles. The van der Waals surface area contributed by atoms with Crippen LogP contribution >= 0.6 is 0 Å². The fraction of sp³-hybridized carbons (Fsp3) is 0.355. The van der Waals surface area contributed by atoms with E-state index in [1.807, 2.05) is 0 Å². The number of hydrogen-bond donors (Lipinski definition) is 1. The number of carbonyl (C=O) groups is 2. The quantitative estimate of drug-likeness (QED) is 0.224. The maximum absolute atomic E-state index is 15.4. The van der Waals surface area contributed by atoms with Gasteiger partial charge in [0.15, 0.2) is 0 Å². The number of morpholine rings is 1. The first-order valence-electron chi connectivity index (χ1n) is 14.4. The molecule has 1 aliphatic rings. The molecule has 12 nitrogen and oxygen atoms in total. The first-order chi connectivity index (χ1) is 22.3. The molecule has 248 valence electrons. The van der Waals surface area contributed by atoms with Gasteiger partial charge in [-0.2, -0.15) is 13.2 Å². The Morgan fingerprint density at radius 1 is 1.17 bits per heavy atom. The van der Waals surface area contributed by atoms with Gasteiger partial charge >= 0.3 is 17.8 Å². The van der Waals surface area contributed by atoms with Crippen LogP contribution in [0.2, 0.25) is 0 Å². The van der Waals surface area contributed by atoms with Gasteiger partial charge in [-0.1, -0.05) is 6.07 Å². The smallest absolute Gasteiger partial charge is 0.391 e. The van der Waals surface area contributed by atoms with Crippen LogP contribution in [-0.2, 0) is 27.7 Å². The van der Waals surface area contributed by atoms with Gasteiger partial charge in [0, 0.05) is 38.1 Å². The molecule has 1 amide bonds. The van der Waals surface area contributed by atoms with Crippen molar-refractivity contribution in [3.05, 3.63) is 92.3 Å². The Kier molecular flexibility index (Phi) is 9.42. The molecule has 1 saturated heterocycles. The van der Waals surface area contributed by atoms with E-state index in [2.05, 4.69) is 15.3 Å². The second kappa shape index (κ2) is 13.3. The standard InChI is InChI=1S/C31H30F4N6O6/c1-17-10-19(40-8-9-47-16-20(40)13-31(33,34)35)12-22(32)26(17)27(42)38-23(29(44)46-3)11-18-4-5-25(37-14-18)41-28(43)21-6-7-36-15-24(21)39(2)30(41)45/h4-7,10,12,14-15,20,23H,8-9,11,13,16H2,1-3H3,(H,38,42)/t20-,23+/m1/s1. The lowest BCUT2D eigenvalue weighted by atomic mass is 10.0. The van der Waals surface area contributed by atoms with Crippen LogP contribution in [-0.4, -0.2) is 76.1 Å². The van der Waals surface area contributed by atoms with Crippen molar-refractivity contribution in [2.24, 2.45) is 7.05 Å². The molecular weight excluding hydrogens is 628 g/mol. The first kappa shape index (κ1) is 33.2. The van der Waals surface area contributed by atoms with Crippen molar-refractivity contribution in [2.45, 2.75) is 38.0 Å². The third-order valence-electron chi connectivity index (χ3n) is 7.87. The predicted octanol–water partition coefficient (Wildman–Crippen LogP) is 2.60. The lowest BCUT2D eigenvalue weighted by Gasteiger charge is -2.38. The topological polar surface area (TPSA) is 138 Å². The Labute approximate surface area is 264 Å². The van der Waals surface area contributed by atoms with Crippen LogP contribution < -0.4 is 21.5 Å². The molecule has 1 N–H and O–H groups in total. The van der Waals surface area contributed by atoms with Gasteiger partial charge in [0.25, 0.3) is 11.5 Å². The van der Waals surface area contributed by atoms with Crippen LogP contribution in [0.4, 0.5) is 23.2 Å². The predicted molar refractivity (Wildman–Crippen MR) is 161 cm³/mol. The molecule has 0 bridgehead atoms. The number of alkyl halides is 3. The summed E-state index contributed by atoms with van der Waals surface area (Å²) < 4.78 is 67.0. The molecule has 4 heterocycles. The zero-order valence-electron chi connectivity index (χ0n) is 25.5. The molecule has 1 fully saturated rings. The zero-order chi connectivity index (χ0) is 34.0. The molecule has 0 radical (unpaired) electrons. The molecule has 5 rings (SSSR count). The van der Waals surface area contributed by atoms with Crippen molar-refractivity contribution in [1.82, 2.24) is 24.4 Å². The van der Waals surface area contributed by atoms with E-state index in [1.165, 1.54) is 66.3 Å². The summed E-state index contributed by atoms with van der Waals surface area (Å²) in [5.74, 6) is -2.75. The normalized spacial score (nSPS) is 15.8. The number of rotatable bonds is 8. The number of ether oxygens (including phenoxy) is 2. The van der Waals surface area contributed by atoms with Crippen molar-refractivity contribution in [3.8, 4) is 5.82 Å². The lowest BCUT2D eigenvalue weighted by Crippen LogP contribution is -2.48. The van der Waals surface area contributed by atoms with E-state index in [9.17, 15) is 32.3 Å². The summed E-state index contributed by atoms with van der Waals surface area (Å²) in [5, 5.41) is 2.72. The number of pyridine rings is 2. The summed E-state index contributed by atoms with van der Waals surface area (Å²) in [7, 11) is 2.60. The molecule has 16 heteroatoms. The van der Waals surface area contributed by atoms with Crippen LogP contribution in [0.15, 0.2) is 58.5 Å². The number of fused-ring (bicyclic) bond motifs is 1. The number of aromatic nitrogens is 4. The van der Waals surface area contributed by atoms with Crippen molar-refractivity contribution in [1.29, 1.82) is 0 Å². The van der Waals surface area contributed by atoms with Gasteiger partial charge in [0.1, 0.15) is 17.7 Å². The minimum absolute atomic E-state index is 0.0206. The second-order valence-corrected chi connectivity index (χ2v) is 11.0. The van der Waals surface area contributed by atoms with E-state index in [0.29, 0.717) is 11.1 Å². The summed E-state index contributed by atoms with van der Waals surface area (Å²) in [4.78, 5) is 61.5. The van der Waals surface area contributed by atoms with Crippen LogP contribution in [0.3, 0.4) is 0 Å². The highest BCUT2D eigenvalue weighted by atomic mass is 19.4. The number of halogens is 4. The number of methoxy groups -OCH3 is 1. The molecule has 1 aromatic carbocycles. The van der Waals surface area contributed by atoms with Gasteiger partial charge in [0.2, 0.25) is 0 Å². The van der Waals surface area contributed by atoms with Gasteiger partial charge in [-0.25, -0.2) is 23.5 Å². The Morgan fingerprint density at radius 2 is 1.94 bits per heavy atom. The molecule has 0 aliphatic carbocycles. The average molecular weight is 659 g/mol. The first-order valence-corrected chi connectivity index (χ1v) is 14.4. The van der Waals surface area contributed by atoms with Crippen molar-refractivity contribution in [3.63, 3.8) is 0 Å². The Morgan fingerprint density at radius 3 is 2.60 bits per heavy atom. The van der Waals surface area contributed by atoms with Crippen molar-refractivity contribution in [2.75, 3.05) is 31.8 Å². The lowest BCUT2D eigenvalue weighted by molar-refractivity contribution is -0.144. The monoisotopic (exact) mass is 658 g/mol. The molecule has 47 heavy (non-hydrogen) atoms. The van der Waals surface area contributed by atoms with Gasteiger partial charge < -0.3 is 19.7 Å². The average Bonchev–Trinajstić information content (AvgIpc) is 3.03. The molecule has 4 aromatic rings. The summed E-state index contributed by atoms with van der Waals surface area (Å²) in [6, 6.07) is 4.44. The number of esters is 1. The second-order valence-electron chi connectivity index (χ2n) is 11.0.